The van der Waals surface area contributed by atoms with Gasteiger partial charge in [-0.25, -0.2) is 4.98 Å². The molecule has 18 heavy (non-hydrogen) atoms. The molecule has 0 bridgehead atoms. The van der Waals surface area contributed by atoms with Crippen LogP contribution in [0.1, 0.15) is 10.4 Å². The molecule has 7 heteroatoms. The number of methoxy groups -OCH3 is 1. The largest absolute Gasteiger partial charge is 0.480 e. The third kappa shape index (κ3) is 4.02. The first-order chi connectivity index (χ1) is 8.54. The quantitative estimate of drug-likeness (QED) is 0.692. The number of aromatic nitrogens is 1. The van der Waals surface area contributed by atoms with Crippen LogP contribution in [0, 0.1) is 0 Å². The Morgan fingerprint density at radius 3 is 2.83 bits per heavy atom. The fourth-order valence-corrected chi connectivity index (χ4v) is 1.38. The second-order valence-corrected chi connectivity index (χ2v) is 3.58. The van der Waals surface area contributed by atoms with Crippen LogP contribution in [-0.2, 0) is 9.53 Å². The van der Waals surface area contributed by atoms with Gasteiger partial charge in [0.15, 0.2) is 0 Å². The van der Waals surface area contributed by atoms with Crippen LogP contribution in [0.5, 0.6) is 0 Å². The van der Waals surface area contributed by atoms with Gasteiger partial charge in [-0.2, -0.15) is 0 Å². The van der Waals surface area contributed by atoms with Crippen LogP contribution < -0.4 is 10.6 Å². The van der Waals surface area contributed by atoms with Crippen LogP contribution >= 0.6 is 0 Å². The lowest BCUT2D eigenvalue weighted by Gasteiger charge is -2.21. The molecule has 0 aliphatic carbocycles. The number of pyridine rings is 1. The van der Waals surface area contributed by atoms with Crippen molar-refractivity contribution in [2.45, 2.75) is 0 Å². The lowest BCUT2D eigenvalue weighted by atomic mass is 10.2. The van der Waals surface area contributed by atoms with Crippen molar-refractivity contribution < 1.29 is 19.4 Å². The minimum atomic E-state index is -0.989. The van der Waals surface area contributed by atoms with E-state index >= 15 is 0 Å². The van der Waals surface area contributed by atoms with E-state index in [2.05, 4.69) is 4.98 Å². The Morgan fingerprint density at radius 1 is 1.56 bits per heavy atom. The minimum Gasteiger partial charge on any atom is -0.480 e. The number of nitrogens with two attached hydrogens (primary N) is 1. The minimum absolute atomic E-state index is 0.224. The van der Waals surface area contributed by atoms with Crippen LogP contribution in [0.3, 0.4) is 0 Å². The van der Waals surface area contributed by atoms with Gasteiger partial charge in [0, 0.05) is 25.4 Å². The standard InChI is InChI=1S/C11H15N3O4/c1-18-5-4-14(7-10(15)16)9-6-8(11(12)17)2-3-13-9/h2-3,6H,4-5,7H2,1H3,(H2,12,17)(H,15,16). The van der Waals surface area contributed by atoms with Gasteiger partial charge in [0.05, 0.1) is 6.61 Å². The number of hydrogen-bond acceptors (Lipinski definition) is 5. The smallest absolute Gasteiger partial charge is 0.323 e. The average molecular weight is 253 g/mol. The number of carbonyl (C=O) groups excluding carboxylic acids is 1. The number of carboxylic acids is 1. The molecule has 1 aromatic rings. The normalized spacial score (nSPS) is 10.1. The Kier molecular flexibility index (Phi) is 5.06. The van der Waals surface area contributed by atoms with Gasteiger partial charge >= 0.3 is 5.97 Å². The second-order valence-electron chi connectivity index (χ2n) is 3.58. The predicted octanol–water partition coefficient (Wildman–Crippen LogP) is -0.282. The topological polar surface area (TPSA) is 106 Å². The number of ether oxygens (including phenoxy) is 1. The Hall–Kier alpha value is -2.15. The summed E-state index contributed by atoms with van der Waals surface area (Å²) in [6.45, 7) is 0.492. The van der Waals surface area contributed by atoms with Crippen LogP contribution in [0.25, 0.3) is 0 Å². The van der Waals surface area contributed by atoms with Gasteiger partial charge in [0.25, 0.3) is 0 Å². The molecule has 0 spiro atoms. The molecule has 1 aromatic heterocycles. The van der Waals surface area contributed by atoms with E-state index in [0.717, 1.165) is 0 Å². The third-order valence-electron chi connectivity index (χ3n) is 2.25. The van der Waals surface area contributed by atoms with E-state index in [0.29, 0.717) is 19.0 Å². The summed E-state index contributed by atoms with van der Waals surface area (Å²) < 4.78 is 4.90. The first-order valence-electron chi connectivity index (χ1n) is 5.26. The number of nitrogens with zero attached hydrogens (tertiary/aromatic N) is 2. The summed E-state index contributed by atoms with van der Waals surface area (Å²) in [5.41, 5.74) is 5.44. The first-order valence-corrected chi connectivity index (χ1v) is 5.26. The first kappa shape index (κ1) is 13.9. The summed E-state index contributed by atoms with van der Waals surface area (Å²) in [7, 11) is 1.52. The molecule has 0 unspecified atom stereocenters. The van der Waals surface area contributed by atoms with E-state index in [-0.39, 0.29) is 12.1 Å². The molecule has 0 aromatic carbocycles. The van der Waals surface area contributed by atoms with Gasteiger partial charge in [0.1, 0.15) is 12.4 Å². The molecule has 1 rings (SSSR count). The van der Waals surface area contributed by atoms with Crippen LogP contribution in [0.4, 0.5) is 5.82 Å². The van der Waals surface area contributed by atoms with Crippen molar-refractivity contribution in [2.24, 2.45) is 5.73 Å². The maximum Gasteiger partial charge on any atom is 0.323 e. The Labute approximate surface area is 104 Å². The molecule has 0 aliphatic rings. The van der Waals surface area contributed by atoms with E-state index in [1.807, 2.05) is 0 Å². The lowest BCUT2D eigenvalue weighted by molar-refractivity contribution is -0.135. The average Bonchev–Trinajstić information content (AvgIpc) is 2.34. The van der Waals surface area contributed by atoms with Crippen molar-refractivity contribution in [1.82, 2.24) is 4.98 Å². The van der Waals surface area contributed by atoms with Crippen molar-refractivity contribution in [3.05, 3.63) is 23.9 Å². The number of primary amides is 1. The van der Waals surface area contributed by atoms with E-state index < -0.39 is 11.9 Å². The highest BCUT2D eigenvalue weighted by Gasteiger charge is 2.13. The molecule has 7 nitrogen and oxygen atoms in total. The molecule has 0 radical (unpaired) electrons. The number of amides is 1. The molecule has 0 saturated heterocycles. The lowest BCUT2D eigenvalue weighted by Crippen LogP contribution is -2.33. The molecule has 98 valence electrons. The van der Waals surface area contributed by atoms with Crippen molar-refractivity contribution in [3.8, 4) is 0 Å². The van der Waals surface area contributed by atoms with E-state index in [1.165, 1.54) is 30.3 Å². The van der Waals surface area contributed by atoms with Crippen molar-refractivity contribution >= 4 is 17.7 Å². The van der Waals surface area contributed by atoms with Gasteiger partial charge in [-0.15, -0.1) is 0 Å². The maximum atomic E-state index is 11.0. The van der Waals surface area contributed by atoms with Gasteiger partial charge in [-0.3, -0.25) is 9.59 Å². The monoisotopic (exact) mass is 253 g/mol. The fraction of sp³-hybridized carbons (Fsp3) is 0.364. The molecular weight excluding hydrogens is 238 g/mol. The molecular formula is C11H15N3O4. The molecule has 0 aliphatic heterocycles. The Bertz CT molecular complexity index is 436. The van der Waals surface area contributed by atoms with E-state index in [9.17, 15) is 9.59 Å². The van der Waals surface area contributed by atoms with Gasteiger partial charge in [0.2, 0.25) is 5.91 Å². The maximum absolute atomic E-state index is 11.0. The van der Waals surface area contributed by atoms with Crippen molar-refractivity contribution in [1.29, 1.82) is 0 Å². The van der Waals surface area contributed by atoms with Gasteiger partial charge in [-0.05, 0) is 12.1 Å². The number of aliphatic carboxylic acids is 1. The molecule has 0 fully saturated rings. The summed E-state index contributed by atoms with van der Waals surface area (Å²) in [4.78, 5) is 27.3. The number of anilines is 1. The summed E-state index contributed by atoms with van der Waals surface area (Å²) in [6, 6.07) is 2.93. The molecule has 1 heterocycles. The second kappa shape index (κ2) is 6.55. The number of carbonyl (C=O) groups is 2. The predicted molar refractivity (Wildman–Crippen MR) is 64.5 cm³/mol. The zero-order chi connectivity index (χ0) is 13.5. The third-order valence-corrected chi connectivity index (χ3v) is 2.25. The zero-order valence-corrected chi connectivity index (χ0v) is 10.00. The Balaban J connectivity index is 2.92. The van der Waals surface area contributed by atoms with Crippen molar-refractivity contribution in [2.75, 3.05) is 31.7 Å². The SMILES string of the molecule is COCCN(CC(=O)O)c1cc(C(N)=O)ccn1. The molecule has 1 amide bonds. The van der Waals surface area contributed by atoms with Crippen LogP contribution in [0.15, 0.2) is 18.3 Å². The summed E-state index contributed by atoms with van der Waals surface area (Å²) in [5.74, 6) is -1.19. The van der Waals surface area contributed by atoms with E-state index in [4.69, 9.17) is 15.6 Å². The highest BCUT2D eigenvalue weighted by Crippen LogP contribution is 2.12. The fourth-order valence-electron chi connectivity index (χ4n) is 1.38. The molecule has 0 atom stereocenters. The zero-order valence-electron chi connectivity index (χ0n) is 10.00. The number of hydrogen-bond donors (Lipinski definition) is 2. The van der Waals surface area contributed by atoms with Crippen molar-refractivity contribution in [3.63, 3.8) is 0 Å². The summed E-state index contributed by atoms with van der Waals surface area (Å²) in [5, 5.41) is 8.82. The van der Waals surface area contributed by atoms with Crippen LogP contribution in [0.2, 0.25) is 0 Å². The van der Waals surface area contributed by atoms with Gasteiger partial charge in [-0.1, -0.05) is 0 Å². The number of carboxylic acid groups (broad SMARTS) is 1. The Morgan fingerprint density at radius 2 is 2.28 bits per heavy atom. The molecule has 0 saturated carbocycles. The van der Waals surface area contributed by atoms with E-state index in [1.54, 1.807) is 0 Å². The molecule has 3 N–H and O–H groups in total. The summed E-state index contributed by atoms with van der Waals surface area (Å²) >= 11 is 0. The highest BCUT2D eigenvalue weighted by molar-refractivity contribution is 5.93. The summed E-state index contributed by atoms with van der Waals surface area (Å²) in [6.07, 6.45) is 1.41. The van der Waals surface area contributed by atoms with Crippen LogP contribution in [-0.4, -0.2) is 48.8 Å². The highest BCUT2D eigenvalue weighted by atomic mass is 16.5. The number of rotatable bonds is 7. The van der Waals surface area contributed by atoms with Gasteiger partial charge < -0.3 is 20.5 Å².